The number of aldehydes is 1. The van der Waals surface area contributed by atoms with Gasteiger partial charge in [-0.3, -0.25) is 4.79 Å². The molecular weight excluding hydrogens is 388 g/mol. The standard InChI is InChI=1S/C27H34O4/c1-17(2)23-11-20-12-26(16-29)22-10-9-18(3)21(22)13-25(20,15-28)27(23,26)24(30)31-14-19-7-5-4-6-8-19/h4-8,11,16-18,20-22,28H,9-10,12-15H2,1-3H3/t18-,20?,21-,22-,25?,26?,27?/m1/s1. The maximum atomic E-state index is 14.2. The summed E-state index contributed by atoms with van der Waals surface area (Å²) in [4.78, 5) is 27.3. The Kier molecular flexibility index (Phi) is 4.75. The van der Waals surface area contributed by atoms with Crippen molar-refractivity contribution in [2.75, 3.05) is 6.61 Å². The second-order valence-electron chi connectivity index (χ2n) is 10.9. The lowest BCUT2D eigenvalue weighted by Crippen LogP contribution is -2.63. The molecule has 3 fully saturated rings. The topological polar surface area (TPSA) is 63.6 Å². The molecule has 3 saturated carbocycles. The second kappa shape index (κ2) is 7.03. The van der Waals surface area contributed by atoms with Crippen LogP contribution in [-0.4, -0.2) is 24.0 Å². The number of benzene rings is 1. The molecule has 0 aliphatic heterocycles. The number of rotatable bonds is 6. The summed E-state index contributed by atoms with van der Waals surface area (Å²) in [7, 11) is 0. The molecule has 1 N–H and O–H groups in total. The van der Waals surface area contributed by atoms with Gasteiger partial charge in [0.15, 0.2) is 0 Å². The molecule has 0 aromatic heterocycles. The molecule has 1 aromatic carbocycles. The largest absolute Gasteiger partial charge is 0.460 e. The first-order valence-corrected chi connectivity index (χ1v) is 11.9. The number of ether oxygens (including phenoxy) is 1. The predicted octanol–water partition coefficient (Wildman–Crippen LogP) is 4.56. The molecule has 0 spiro atoms. The van der Waals surface area contributed by atoms with E-state index in [4.69, 9.17) is 4.74 Å². The summed E-state index contributed by atoms with van der Waals surface area (Å²) in [6.07, 6.45) is 6.90. The first-order valence-electron chi connectivity index (χ1n) is 11.9. The SMILES string of the molecule is CC(C)C1=CC2CC3(C=O)[C@@H]4CC[C@@H](C)[C@H]4CC2(CO)C13C(=O)OCc1ccccc1. The lowest BCUT2D eigenvalue weighted by Gasteiger charge is -2.58. The Morgan fingerprint density at radius 2 is 1.97 bits per heavy atom. The van der Waals surface area contributed by atoms with Gasteiger partial charge in [0.2, 0.25) is 0 Å². The Balaban J connectivity index is 1.65. The molecule has 4 aliphatic rings. The zero-order valence-corrected chi connectivity index (χ0v) is 18.8. The monoisotopic (exact) mass is 422 g/mol. The van der Waals surface area contributed by atoms with Crippen LogP contribution in [-0.2, 0) is 20.9 Å². The molecule has 0 amide bonds. The third-order valence-corrected chi connectivity index (χ3v) is 9.60. The minimum atomic E-state index is -1.05. The van der Waals surface area contributed by atoms with Gasteiger partial charge < -0.3 is 14.6 Å². The zero-order valence-electron chi connectivity index (χ0n) is 18.8. The lowest BCUT2D eigenvalue weighted by atomic mass is 9.43. The third-order valence-electron chi connectivity index (χ3n) is 9.60. The van der Waals surface area contributed by atoms with E-state index in [9.17, 15) is 14.7 Å². The van der Waals surface area contributed by atoms with Crippen LogP contribution in [0.2, 0.25) is 0 Å². The number of allylic oxidation sites excluding steroid dienone is 1. The fourth-order valence-electron chi connectivity index (χ4n) is 8.47. The number of carbonyl (C=O) groups is 2. The molecule has 4 heteroatoms. The van der Waals surface area contributed by atoms with E-state index in [1.807, 2.05) is 30.3 Å². The van der Waals surface area contributed by atoms with Crippen LogP contribution in [0, 0.1) is 45.8 Å². The Morgan fingerprint density at radius 3 is 2.61 bits per heavy atom. The van der Waals surface area contributed by atoms with Crippen LogP contribution in [0.4, 0.5) is 0 Å². The van der Waals surface area contributed by atoms with E-state index in [2.05, 4.69) is 26.8 Å². The van der Waals surface area contributed by atoms with Crippen LogP contribution in [0.15, 0.2) is 42.0 Å². The predicted molar refractivity (Wildman–Crippen MR) is 118 cm³/mol. The molecule has 4 unspecified atom stereocenters. The fraction of sp³-hybridized carbons (Fsp3) is 0.630. The maximum Gasteiger partial charge on any atom is 0.318 e. The average Bonchev–Trinajstić information content (AvgIpc) is 3.35. The van der Waals surface area contributed by atoms with Crippen LogP contribution < -0.4 is 0 Å². The highest BCUT2D eigenvalue weighted by Gasteiger charge is 2.84. The molecule has 5 rings (SSSR count). The van der Waals surface area contributed by atoms with Gasteiger partial charge >= 0.3 is 5.97 Å². The highest BCUT2D eigenvalue weighted by Crippen LogP contribution is 2.82. The number of fused-ring (bicyclic) bond motifs is 2. The minimum absolute atomic E-state index is 0.0576. The second-order valence-corrected chi connectivity index (χ2v) is 10.9. The van der Waals surface area contributed by atoms with E-state index in [-0.39, 0.29) is 36.9 Å². The highest BCUT2D eigenvalue weighted by atomic mass is 16.5. The van der Waals surface area contributed by atoms with Gasteiger partial charge in [0.05, 0.1) is 12.0 Å². The molecule has 31 heavy (non-hydrogen) atoms. The third kappa shape index (κ3) is 2.35. The summed E-state index contributed by atoms with van der Waals surface area (Å²) in [5, 5.41) is 10.9. The van der Waals surface area contributed by atoms with E-state index in [0.717, 1.165) is 36.7 Å². The molecule has 0 heterocycles. The van der Waals surface area contributed by atoms with Crippen molar-refractivity contribution in [1.29, 1.82) is 0 Å². The van der Waals surface area contributed by atoms with E-state index < -0.39 is 16.2 Å². The van der Waals surface area contributed by atoms with Gasteiger partial charge in [0, 0.05) is 5.41 Å². The molecule has 1 aromatic rings. The van der Waals surface area contributed by atoms with Crippen molar-refractivity contribution in [3.05, 3.63) is 47.5 Å². The normalized spacial score (nSPS) is 42.4. The van der Waals surface area contributed by atoms with Gasteiger partial charge in [0.1, 0.15) is 18.3 Å². The summed E-state index contributed by atoms with van der Waals surface area (Å²) >= 11 is 0. The Hall–Kier alpha value is -1.94. The molecular formula is C27H34O4. The van der Waals surface area contributed by atoms with Crippen LogP contribution >= 0.6 is 0 Å². The van der Waals surface area contributed by atoms with Crippen LogP contribution in [0.5, 0.6) is 0 Å². The number of aliphatic hydroxyl groups excluding tert-OH is 1. The van der Waals surface area contributed by atoms with E-state index in [0.29, 0.717) is 18.3 Å². The smallest absolute Gasteiger partial charge is 0.318 e. The Morgan fingerprint density at radius 1 is 1.23 bits per heavy atom. The van der Waals surface area contributed by atoms with Crippen molar-refractivity contribution in [1.82, 2.24) is 0 Å². The Bertz CT molecular complexity index is 920. The van der Waals surface area contributed by atoms with E-state index >= 15 is 0 Å². The van der Waals surface area contributed by atoms with E-state index in [1.54, 1.807) is 0 Å². The number of esters is 1. The summed E-state index contributed by atoms with van der Waals surface area (Å²) in [5.41, 5.74) is -0.473. The fourth-order valence-corrected chi connectivity index (χ4v) is 8.47. The molecule has 0 saturated heterocycles. The van der Waals surface area contributed by atoms with Crippen LogP contribution in [0.1, 0.15) is 52.0 Å². The number of hydrogen-bond donors (Lipinski definition) is 1. The van der Waals surface area contributed by atoms with Crippen molar-refractivity contribution in [3.8, 4) is 0 Å². The molecule has 7 atom stereocenters. The van der Waals surface area contributed by atoms with Gasteiger partial charge in [-0.1, -0.05) is 69.2 Å². The number of hydrogen-bond acceptors (Lipinski definition) is 4. The van der Waals surface area contributed by atoms with Gasteiger partial charge in [-0.2, -0.15) is 0 Å². The maximum absolute atomic E-state index is 14.2. The molecule has 4 nitrogen and oxygen atoms in total. The van der Waals surface area contributed by atoms with Gasteiger partial charge in [-0.25, -0.2) is 0 Å². The highest BCUT2D eigenvalue weighted by molar-refractivity contribution is 5.91. The van der Waals surface area contributed by atoms with Gasteiger partial charge in [-0.05, 0) is 54.4 Å². The first-order chi connectivity index (χ1) is 14.9. The summed E-state index contributed by atoms with van der Waals surface area (Å²) < 4.78 is 6.03. The average molecular weight is 423 g/mol. The number of aliphatic hydroxyl groups is 1. The summed E-state index contributed by atoms with van der Waals surface area (Å²) in [6.45, 7) is 6.60. The van der Waals surface area contributed by atoms with E-state index in [1.165, 1.54) is 0 Å². The summed E-state index contributed by atoms with van der Waals surface area (Å²) in [5.74, 6) is 0.981. The van der Waals surface area contributed by atoms with Crippen molar-refractivity contribution in [2.24, 2.45) is 45.8 Å². The molecule has 0 radical (unpaired) electrons. The van der Waals surface area contributed by atoms with Crippen molar-refractivity contribution < 1.29 is 19.4 Å². The quantitative estimate of drug-likeness (QED) is 0.415. The Labute approximate surface area is 185 Å². The van der Waals surface area contributed by atoms with Crippen molar-refractivity contribution >= 4 is 12.3 Å². The first kappa shape index (κ1) is 20.9. The summed E-state index contributed by atoms with van der Waals surface area (Å²) in [6, 6.07) is 9.70. The van der Waals surface area contributed by atoms with Crippen molar-refractivity contribution in [2.45, 2.75) is 53.1 Å². The molecule has 166 valence electrons. The minimum Gasteiger partial charge on any atom is -0.460 e. The van der Waals surface area contributed by atoms with Crippen LogP contribution in [0.25, 0.3) is 0 Å². The van der Waals surface area contributed by atoms with Gasteiger partial charge in [-0.15, -0.1) is 0 Å². The lowest BCUT2D eigenvalue weighted by molar-refractivity contribution is -0.190. The zero-order chi connectivity index (χ0) is 22.0. The van der Waals surface area contributed by atoms with Crippen molar-refractivity contribution in [3.63, 3.8) is 0 Å². The molecule has 4 aliphatic carbocycles. The number of carbonyl (C=O) groups excluding carboxylic acids is 2. The van der Waals surface area contributed by atoms with Gasteiger partial charge in [0.25, 0.3) is 0 Å². The van der Waals surface area contributed by atoms with Crippen LogP contribution in [0.3, 0.4) is 0 Å². The molecule has 4 bridgehead atoms.